The number of hydrogen-bond acceptors (Lipinski definition) is 0. The number of hydrogen-bond donors (Lipinski definition) is 0. The van der Waals surface area contributed by atoms with Gasteiger partial charge in [-0.3, -0.25) is 0 Å². The van der Waals surface area contributed by atoms with Crippen molar-refractivity contribution in [3.63, 3.8) is 0 Å². The summed E-state index contributed by atoms with van der Waals surface area (Å²) in [6, 6.07) is 18.5. The van der Waals surface area contributed by atoms with E-state index in [1.807, 2.05) is 0 Å². The molecule has 0 saturated heterocycles. The molecular formula is C28H34B. The van der Waals surface area contributed by atoms with E-state index in [-0.39, 0.29) is 0 Å². The smallest absolute Gasteiger partial charge is 0.0757 e. The Morgan fingerprint density at radius 1 is 0.690 bits per heavy atom. The molecular weight excluding hydrogens is 347 g/mol. The zero-order chi connectivity index (χ0) is 21.1. The molecule has 29 heavy (non-hydrogen) atoms. The lowest BCUT2D eigenvalue weighted by molar-refractivity contribution is 0.733. The van der Waals surface area contributed by atoms with Crippen molar-refractivity contribution in [2.24, 2.45) is 0 Å². The van der Waals surface area contributed by atoms with Gasteiger partial charge >= 0.3 is 0 Å². The van der Waals surface area contributed by atoms with Crippen LogP contribution in [0.2, 0.25) is 0 Å². The van der Waals surface area contributed by atoms with Crippen molar-refractivity contribution in [1.82, 2.24) is 0 Å². The highest BCUT2D eigenvalue weighted by atomic mass is 14.1. The normalized spacial score (nSPS) is 12.1. The van der Waals surface area contributed by atoms with E-state index in [0.717, 1.165) is 6.42 Å². The molecule has 149 valence electrons. The van der Waals surface area contributed by atoms with Crippen molar-refractivity contribution in [1.29, 1.82) is 0 Å². The highest BCUT2D eigenvalue weighted by molar-refractivity contribution is 6.69. The molecule has 0 spiro atoms. The standard InChI is InChI=1S/C28H34B/c1-8-19(3)26-11-9-24(10-12-26)17-25-15-22(6)28(23(7)16-25)29-27-20(4)13-18(2)14-21(27)5/h9-16,19H,8,17H2,1-7H3. The van der Waals surface area contributed by atoms with E-state index in [9.17, 15) is 0 Å². The highest BCUT2D eigenvalue weighted by Crippen LogP contribution is 2.20. The minimum atomic E-state index is 0.636. The first-order chi connectivity index (χ1) is 13.8. The fourth-order valence-electron chi connectivity index (χ4n) is 4.39. The summed E-state index contributed by atoms with van der Waals surface area (Å²) in [6.45, 7) is 15.6. The van der Waals surface area contributed by atoms with Gasteiger partial charge in [-0.2, -0.15) is 0 Å². The van der Waals surface area contributed by atoms with Gasteiger partial charge in [-0.25, -0.2) is 0 Å². The van der Waals surface area contributed by atoms with Crippen molar-refractivity contribution < 1.29 is 0 Å². The van der Waals surface area contributed by atoms with Gasteiger partial charge in [0.05, 0.1) is 0 Å². The third kappa shape index (κ3) is 5.02. The summed E-state index contributed by atoms with van der Waals surface area (Å²) in [5.41, 5.74) is 13.7. The fraction of sp³-hybridized carbons (Fsp3) is 0.357. The van der Waals surface area contributed by atoms with Crippen LogP contribution < -0.4 is 10.9 Å². The number of aryl methyl sites for hydroxylation is 5. The van der Waals surface area contributed by atoms with E-state index in [1.165, 1.54) is 61.9 Å². The molecule has 0 aliphatic rings. The van der Waals surface area contributed by atoms with Crippen LogP contribution in [0.1, 0.15) is 70.7 Å². The monoisotopic (exact) mass is 381 g/mol. The van der Waals surface area contributed by atoms with Crippen LogP contribution in [0.3, 0.4) is 0 Å². The summed E-state index contributed by atoms with van der Waals surface area (Å²) >= 11 is 0. The minimum Gasteiger partial charge on any atom is -0.0757 e. The molecule has 0 nitrogen and oxygen atoms in total. The maximum absolute atomic E-state index is 2.37. The second kappa shape index (κ2) is 9.03. The predicted molar refractivity (Wildman–Crippen MR) is 130 cm³/mol. The SMILES string of the molecule is CCC(C)c1ccc(Cc2cc(C)c([B]c3c(C)cc(C)cc3C)c(C)c2)cc1. The largest absolute Gasteiger partial charge is 0.192 e. The molecule has 0 aromatic heterocycles. The van der Waals surface area contributed by atoms with Crippen molar-refractivity contribution >= 4 is 18.2 Å². The maximum Gasteiger partial charge on any atom is 0.192 e. The Kier molecular flexibility index (Phi) is 6.68. The summed E-state index contributed by atoms with van der Waals surface area (Å²) < 4.78 is 0. The average molecular weight is 381 g/mol. The van der Waals surface area contributed by atoms with Gasteiger partial charge in [0.2, 0.25) is 0 Å². The lowest BCUT2D eigenvalue weighted by atomic mass is 9.58. The van der Waals surface area contributed by atoms with Crippen molar-refractivity contribution in [2.45, 2.75) is 67.2 Å². The van der Waals surface area contributed by atoms with E-state index in [0.29, 0.717) is 5.92 Å². The molecule has 1 radical (unpaired) electrons. The fourth-order valence-corrected chi connectivity index (χ4v) is 4.39. The van der Waals surface area contributed by atoms with Crippen LogP contribution in [-0.2, 0) is 6.42 Å². The van der Waals surface area contributed by atoms with Crippen LogP contribution in [0, 0.1) is 34.6 Å². The molecule has 0 fully saturated rings. The Hall–Kier alpha value is -2.28. The summed E-state index contributed by atoms with van der Waals surface area (Å²) in [5, 5.41) is 0. The van der Waals surface area contributed by atoms with Crippen LogP contribution in [0.25, 0.3) is 0 Å². The molecule has 0 bridgehead atoms. The van der Waals surface area contributed by atoms with Crippen LogP contribution in [0.4, 0.5) is 0 Å². The second-order valence-corrected chi connectivity index (χ2v) is 8.83. The molecule has 0 saturated carbocycles. The molecule has 1 heteroatoms. The molecule has 3 aromatic rings. The van der Waals surface area contributed by atoms with Crippen molar-refractivity contribution in [3.8, 4) is 0 Å². The van der Waals surface area contributed by atoms with E-state index < -0.39 is 0 Å². The first-order valence-electron chi connectivity index (χ1n) is 10.9. The summed E-state index contributed by atoms with van der Waals surface area (Å²) in [5.74, 6) is 0.636. The van der Waals surface area contributed by atoms with Gasteiger partial charge < -0.3 is 0 Å². The van der Waals surface area contributed by atoms with Crippen LogP contribution >= 0.6 is 0 Å². The molecule has 0 N–H and O–H groups in total. The topological polar surface area (TPSA) is 0 Å². The van der Waals surface area contributed by atoms with Gasteiger partial charge in [0.1, 0.15) is 0 Å². The minimum absolute atomic E-state index is 0.636. The zero-order valence-electron chi connectivity index (χ0n) is 19.2. The molecule has 0 heterocycles. The molecule has 1 atom stereocenters. The summed E-state index contributed by atoms with van der Waals surface area (Å²) in [4.78, 5) is 0. The van der Waals surface area contributed by atoms with E-state index in [1.54, 1.807) is 0 Å². The van der Waals surface area contributed by atoms with E-state index in [2.05, 4.69) is 104 Å². The molecule has 0 amide bonds. The average Bonchev–Trinajstić information content (AvgIpc) is 2.66. The maximum atomic E-state index is 2.37. The van der Waals surface area contributed by atoms with Gasteiger partial charge in [-0.05, 0) is 70.1 Å². The Labute approximate surface area is 178 Å². The van der Waals surface area contributed by atoms with E-state index in [4.69, 9.17) is 0 Å². The first-order valence-corrected chi connectivity index (χ1v) is 10.9. The number of rotatable bonds is 6. The zero-order valence-corrected chi connectivity index (χ0v) is 19.2. The lowest BCUT2D eigenvalue weighted by Gasteiger charge is -2.16. The predicted octanol–water partition coefficient (Wildman–Crippen LogP) is 5.99. The molecule has 0 aliphatic heterocycles. The Morgan fingerprint density at radius 2 is 1.17 bits per heavy atom. The molecule has 3 aromatic carbocycles. The second-order valence-electron chi connectivity index (χ2n) is 8.83. The number of benzene rings is 3. The van der Waals surface area contributed by atoms with Gasteiger partial charge in [0, 0.05) is 0 Å². The van der Waals surface area contributed by atoms with Gasteiger partial charge in [0.15, 0.2) is 7.28 Å². The lowest BCUT2D eigenvalue weighted by Crippen LogP contribution is -2.34. The Balaban J connectivity index is 1.83. The first kappa shape index (κ1) is 21.4. The van der Waals surface area contributed by atoms with E-state index >= 15 is 0 Å². The summed E-state index contributed by atoms with van der Waals surface area (Å²) in [6.07, 6.45) is 2.18. The molecule has 0 aliphatic carbocycles. The third-order valence-electron chi connectivity index (χ3n) is 6.25. The van der Waals surface area contributed by atoms with Gasteiger partial charge in [-0.15, -0.1) is 0 Å². The molecule has 1 unspecified atom stereocenters. The Morgan fingerprint density at radius 3 is 1.66 bits per heavy atom. The van der Waals surface area contributed by atoms with Crippen molar-refractivity contribution in [3.05, 3.63) is 93.0 Å². The quantitative estimate of drug-likeness (QED) is 0.460. The van der Waals surface area contributed by atoms with Crippen molar-refractivity contribution in [2.75, 3.05) is 0 Å². The third-order valence-corrected chi connectivity index (χ3v) is 6.25. The van der Waals surface area contributed by atoms with Crippen LogP contribution in [0.5, 0.6) is 0 Å². The Bertz CT molecular complexity index is 949. The van der Waals surface area contributed by atoms with Crippen LogP contribution in [0.15, 0.2) is 48.5 Å². The summed E-state index contributed by atoms with van der Waals surface area (Å²) in [7, 11) is 2.37. The van der Waals surface area contributed by atoms with Crippen LogP contribution in [-0.4, -0.2) is 7.28 Å². The molecule has 3 rings (SSSR count). The highest BCUT2D eigenvalue weighted by Gasteiger charge is 2.12. The van der Waals surface area contributed by atoms with Gasteiger partial charge in [0.25, 0.3) is 0 Å². The van der Waals surface area contributed by atoms with Gasteiger partial charge in [-0.1, -0.05) is 101 Å².